The second-order valence-electron chi connectivity index (χ2n) is 5.71. The lowest BCUT2D eigenvalue weighted by atomic mass is 9.99. The molecule has 2 rings (SSSR count). The number of piperidine rings is 1. The van der Waals surface area contributed by atoms with Gasteiger partial charge in [-0.05, 0) is 44.9 Å². The Hall–Kier alpha value is -0.590. The summed E-state index contributed by atoms with van der Waals surface area (Å²) in [6, 6.07) is 3.60. The van der Waals surface area contributed by atoms with Gasteiger partial charge in [0, 0.05) is 25.0 Å². The van der Waals surface area contributed by atoms with Gasteiger partial charge in [-0.2, -0.15) is 5.26 Å². The van der Waals surface area contributed by atoms with Crippen LogP contribution in [-0.2, 0) is 0 Å². The van der Waals surface area contributed by atoms with Gasteiger partial charge in [0.15, 0.2) is 0 Å². The molecule has 0 bridgehead atoms. The van der Waals surface area contributed by atoms with E-state index in [9.17, 15) is 0 Å². The van der Waals surface area contributed by atoms with E-state index in [2.05, 4.69) is 30.4 Å². The van der Waals surface area contributed by atoms with Crippen molar-refractivity contribution in [1.29, 1.82) is 5.26 Å². The molecule has 0 spiro atoms. The Labute approximate surface area is 98.8 Å². The smallest absolute Gasteiger partial charge is 0.0628 e. The van der Waals surface area contributed by atoms with Gasteiger partial charge in [-0.15, -0.1) is 0 Å². The average molecular weight is 221 g/mol. The van der Waals surface area contributed by atoms with E-state index in [0.29, 0.717) is 17.5 Å². The monoisotopic (exact) mass is 221 g/mol. The molecule has 1 saturated heterocycles. The Morgan fingerprint density at radius 2 is 1.94 bits per heavy atom. The number of nitriles is 1. The highest BCUT2D eigenvalue weighted by Crippen LogP contribution is 2.48. The molecule has 2 aliphatic rings. The Morgan fingerprint density at radius 1 is 1.31 bits per heavy atom. The SMILES string of the molecule is CC1CCCC(C)N1NCC1(CC#N)CC1. The minimum Gasteiger partial charge on any atom is -0.254 e. The molecule has 1 heterocycles. The van der Waals surface area contributed by atoms with E-state index in [-0.39, 0.29) is 0 Å². The Bertz CT molecular complexity index is 267. The van der Waals surface area contributed by atoms with E-state index < -0.39 is 0 Å². The lowest BCUT2D eigenvalue weighted by Crippen LogP contribution is -2.53. The van der Waals surface area contributed by atoms with Crippen molar-refractivity contribution in [3.8, 4) is 6.07 Å². The van der Waals surface area contributed by atoms with Crippen molar-refractivity contribution >= 4 is 0 Å². The van der Waals surface area contributed by atoms with Gasteiger partial charge in [-0.1, -0.05) is 6.42 Å². The zero-order valence-electron chi connectivity index (χ0n) is 10.5. The molecule has 3 heteroatoms. The zero-order chi connectivity index (χ0) is 11.6. The molecule has 1 aliphatic heterocycles. The quantitative estimate of drug-likeness (QED) is 0.792. The van der Waals surface area contributed by atoms with Crippen LogP contribution < -0.4 is 5.43 Å². The number of rotatable bonds is 4. The maximum absolute atomic E-state index is 8.79. The van der Waals surface area contributed by atoms with E-state index in [1.165, 1.54) is 32.1 Å². The minimum absolute atomic E-state index is 0.311. The summed E-state index contributed by atoms with van der Waals surface area (Å²) >= 11 is 0. The van der Waals surface area contributed by atoms with Gasteiger partial charge < -0.3 is 0 Å². The predicted molar refractivity (Wildman–Crippen MR) is 64.5 cm³/mol. The van der Waals surface area contributed by atoms with Crippen LogP contribution in [0.1, 0.15) is 52.4 Å². The van der Waals surface area contributed by atoms with Crippen LogP contribution >= 0.6 is 0 Å². The molecule has 0 aromatic carbocycles. The first kappa shape index (κ1) is 11.9. The topological polar surface area (TPSA) is 39.1 Å². The summed E-state index contributed by atoms with van der Waals surface area (Å²) in [5.41, 5.74) is 3.90. The summed E-state index contributed by atoms with van der Waals surface area (Å²) in [5.74, 6) is 0. The minimum atomic E-state index is 0.311. The molecule has 1 aliphatic carbocycles. The van der Waals surface area contributed by atoms with Crippen molar-refractivity contribution in [3.05, 3.63) is 0 Å². The van der Waals surface area contributed by atoms with Gasteiger partial charge in [0.25, 0.3) is 0 Å². The molecule has 0 aromatic heterocycles. The Morgan fingerprint density at radius 3 is 2.44 bits per heavy atom. The Kier molecular flexibility index (Phi) is 3.51. The lowest BCUT2D eigenvalue weighted by Gasteiger charge is -2.39. The standard InChI is InChI=1S/C13H23N3/c1-11-4-3-5-12(2)16(11)15-10-13(6-7-13)8-9-14/h11-12,15H,3-8,10H2,1-2H3. The molecule has 2 atom stereocenters. The van der Waals surface area contributed by atoms with Crippen LogP contribution in [0, 0.1) is 16.7 Å². The second kappa shape index (κ2) is 4.73. The molecule has 16 heavy (non-hydrogen) atoms. The molecule has 2 unspecified atom stereocenters. The number of hydrogen-bond acceptors (Lipinski definition) is 3. The first-order valence-electron chi connectivity index (χ1n) is 6.56. The number of nitrogens with one attached hydrogen (secondary N) is 1. The van der Waals surface area contributed by atoms with Gasteiger partial charge >= 0.3 is 0 Å². The second-order valence-corrected chi connectivity index (χ2v) is 5.71. The van der Waals surface area contributed by atoms with E-state index in [1.54, 1.807) is 0 Å². The summed E-state index contributed by atoms with van der Waals surface area (Å²) in [6.45, 7) is 5.59. The maximum atomic E-state index is 8.79. The van der Waals surface area contributed by atoms with E-state index in [1.807, 2.05) is 0 Å². The van der Waals surface area contributed by atoms with Gasteiger partial charge in [0.05, 0.1) is 6.07 Å². The lowest BCUT2D eigenvalue weighted by molar-refractivity contribution is 0.0389. The summed E-state index contributed by atoms with van der Waals surface area (Å²) in [5, 5.41) is 11.2. The normalized spacial score (nSPS) is 33.3. The van der Waals surface area contributed by atoms with Crippen molar-refractivity contribution in [1.82, 2.24) is 10.4 Å². The third kappa shape index (κ3) is 2.56. The van der Waals surface area contributed by atoms with Crippen LogP contribution in [-0.4, -0.2) is 23.6 Å². The molecule has 0 radical (unpaired) electrons. The average Bonchev–Trinajstić information content (AvgIpc) is 2.98. The molecular formula is C13H23N3. The van der Waals surface area contributed by atoms with Crippen molar-refractivity contribution in [2.45, 2.75) is 64.5 Å². The molecule has 1 N–H and O–H groups in total. The van der Waals surface area contributed by atoms with Gasteiger partial charge in [-0.3, -0.25) is 5.43 Å². The first-order valence-corrected chi connectivity index (χ1v) is 6.56. The molecule has 0 amide bonds. The predicted octanol–water partition coefficient (Wildman–Crippen LogP) is 2.45. The number of hydrazine groups is 1. The molecular weight excluding hydrogens is 198 g/mol. The maximum Gasteiger partial charge on any atom is 0.0628 e. The molecule has 0 aromatic rings. The van der Waals surface area contributed by atoms with E-state index in [0.717, 1.165) is 13.0 Å². The van der Waals surface area contributed by atoms with Crippen molar-refractivity contribution in [2.75, 3.05) is 6.54 Å². The van der Waals surface area contributed by atoms with Gasteiger partial charge in [0.2, 0.25) is 0 Å². The largest absolute Gasteiger partial charge is 0.254 e. The fraction of sp³-hybridized carbons (Fsp3) is 0.923. The Balaban J connectivity index is 1.82. The summed E-state index contributed by atoms with van der Waals surface area (Å²) in [7, 11) is 0. The highest BCUT2D eigenvalue weighted by molar-refractivity contribution is 5.00. The molecule has 1 saturated carbocycles. The highest BCUT2D eigenvalue weighted by Gasteiger charge is 2.42. The fourth-order valence-corrected chi connectivity index (χ4v) is 2.75. The van der Waals surface area contributed by atoms with Gasteiger partial charge in [0.1, 0.15) is 0 Å². The van der Waals surface area contributed by atoms with E-state index >= 15 is 0 Å². The number of nitrogens with zero attached hydrogens (tertiary/aromatic N) is 2. The molecule has 90 valence electrons. The molecule has 3 nitrogen and oxygen atoms in total. The van der Waals surface area contributed by atoms with Crippen molar-refractivity contribution < 1.29 is 0 Å². The van der Waals surface area contributed by atoms with Crippen LogP contribution in [0.15, 0.2) is 0 Å². The van der Waals surface area contributed by atoms with Crippen molar-refractivity contribution in [2.24, 2.45) is 5.41 Å². The van der Waals surface area contributed by atoms with Crippen LogP contribution in [0.2, 0.25) is 0 Å². The summed E-state index contributed by atoms with van der Waals surface area (Å²) in [6.07, 6.45) is 7.11. The van der Waals surface area contributed by atoms with Crippen molar-refractivity contribution in [3.63, 3.8) is 0 Å². The van der Waals surface area contributed by atoms with Crippen LogP contribution in [0.3, 0.4) is 0 Å². The van der Waals surface area contributed by atoms with Crippen LogP contribution in [0.25, 0.3) is 0 Å². The van der Waals surface area contributed by atoms with Gasteiger partial charge in [-0.25, -0.2) is 5.01 Å². The third-order valence-electron chi connectivity index (χ3n) is 4.24. The fourth-order valence-electron chi connectivity index (χ4n) is 2.75. The zero-order valence-corrected chi connectivity index (χ0v) is 10.5. The highest BCUT2D eigenvalue weighted by atomic mass is 15.5. The molecule has 2 fully saturated rings. The van der Waals surface area contributed by atoms with Crippen LogP contribution in [0.5, 0.6) is 0 Å². The third-order valence-corrected chi connectivity index (χ3v) is 4.24. The van der Waals surface area contributed by atoms with E-state index in [4.69, 9.17) is 5.26 Å². The summed E-state index contributed by atoms with van der Waals surface area (Å²) < 4.78 is 0. The number of hydrogen-bond donors (Lipinski definition) is 1. The summed E-state index contributed by atoms with van der Waals surface area (Å²) in [4.78, 5) is 0. The first-order chi connectivity index (χ1) is 7.67. The van der Waals surface area contributed by atoms with Crippen LogP contribution in [0.4, 0.5) is 0 Å².